The first-order chi connectivity index (χ1) is 13.5. The summed E-state index contributed by atoms with van der Waals surface area (Å²) in [6.07, 6.45) is 7.65. The molecule has 1 aromatic carbocycles. The number of carbonyl (C=O) groups is 1. The Morgan fingerprint density at radius 2 is 2.07 bits per heavy atom. The summed E-state index contributed by atoms with van der Waals surface area (Å²) in [7, 11) is 0. The van der Waals surface area contributed by atoms with Gasteiger partial charge in [0.2, 0.25) is 5.91 Å². The third-order valence-electron chi connectivity index (χ3n) is 4.87. The summed E-state index contributed by atoms with van der Waals surface area (Å²) in [6.45, 7) is 6.14. The van der Waals surface area contributed by atoms with Crippen LogP contribution in [-0.2, 0) is 11.3 Å². The number of carbonyl (C=O) groups excluding carboxylic acids is 1. The molecule has 1 heterocycles. The molecular formula is C20H24F2N4OS. The summed E-state index contributed by atoms with van der Waals surface area (Å²) in [5, 5.41) is 11.5. The van der Waals surface area contributed by atoms with E-state index in [2.05, 4.69) is 22.1 Å². The van der Waals surface area contributed by atoms with Crippen molar-refractivity contribution in [3.8, 4) is 0 Å². The maximum atomic E-state index is 13.3. The Labute approximate surface area is 167 Å². The van der Waals surface area contributed by atoms with Gasteiger partial charge in [-0.2, -0.15) is 0 Å². The van der Waals surface area contributed by atoms with Gasteiger partial charge in [-0.3, -0.25) is 4.79 Å². The zero-order chi connectivity index (χ0) is 20.1. The topological polar surface area (TPSA) is 59.8 Å². The van der Waals surface area contributed by atoms with E-state index >= 15 is 0 Å². The Balaban J connectivity index is 1.70. The molecule has 1 amide bonds. The summed E-state index contributed by atoms with van der Waals surface area (Å²) in [5.74, 6) is -0.922. The van der Waals surface area contributed by atoms with E-state index in [1.165, 1.54) is 37.1 Å². The second-order valence-corrected chi connectivity index (χ2v) is 8.26. The van der Waals surface area contributed by atoms with Gasteiger partial charge in [-0.15, -0.1) is 16.8 Å². The third-order valence-corrected chi connectivity index (χ3v) is 5.95. The number of rotatable bonds is 7. The van der Waals surface area contributed by atoms with Crippen molar-refractivity contribution in [3.63, 3.8) is 0 Å². The van der Waals surface area contributed by atoms with Gasteiger partial charge in [0.1, 0.15) is 5.82 Å². The van der Waals surface area contributed by atoms with E-state index in [4.69, 9.17) is 0 Å². The van der Waals surface area contributed by atoms with Crippen molar-refractivity contribution in [2.75, 3.05) is 5.32 Å². The van der Waals surface area contributed by atoms with E-state index in [0.29, 0.717) is 17.6 Å². The minimum atomic E-state index is -0.999. The number of nitrogens with zero attached hydrogens (tertiary/aromatic N) is 3. The first kappa shape index (κ1) is 20.5. The Bertz CT molecular complexity index is 849. The van der Waals surface area contributed by atoms with Gasteiger partial charge in [-0.25, -0.2) is 8.78 Å². The van der Waals surface area contributed by atoms with Crippen molar-refractivity contribution in [1.29, 1.82) is 0 Å². The van der Waals surface area contributed by atoms with Crippen molar-refractivity contribution in [1.82, 2.24) is 14.8 Å². The van der Waals surface area contributed by atoms with E-state index in [-0.39, 0.29) is 11.6 Å². The molecule has 1 aliphatic carbocycles. The minimum Gasteiger partial charge on any atom is -0.325 e. The van der Waals surface area contributed by atoms with Crippen LogP contribution in [-0.4, -0.2) is 25.9 Å². The fraction of sp³-hybridized carbons (Fsp3) is 0.450. The van der Waals surface area contributed by atoms with Gasteiger partial charge in [-0.1, -0.05) is 37.1 Å². The normalized spacial score (nSPS) is 16.0. The lowest BCUT2D eigenvalue weighted by Crippen LogP contribution is -2.23. The molecule has 3 rings (SSSR count). The highest BCUT2D eigenvalue weighted by atomic mass is 32.2. The zero-order valence-electron chi connectivity index (χ0n) is 15.8. The molecule has 0 saturated heterocycles. The van der Waals surface area contributed by atoms with Crippen LogP contribution in [0.3, 0.4) is 0 Å². The first-order valence-electron chi connectivity index (χ1n) is 9.46. The van der Waals surface area contributed by atoms with Gasteiger partial charge in [0.15, 0.2) is 16.8 Å². The molecule has 1 N–H and O–H groups in total. The summed E-state index contributed by atoms with van der Waals surface area (Å²) in [4.78, 5) is 12.5. The van der Waals surface area contributed by atoms with Gasteiger partial charge in [0, 0.05) is 24.2 Å². The van der Waals surface area contributed by atoms with E-state index in [1.807, 2.05) is 4.57 Å². The quantitative estimate of drug-likeness (QED) is 0.524. The van der Waals surface area contributed by atoms with Crippen molar-refractivity contribution < 1.29 is 13.6 Å². The SMILES string of the molecule is C=CCn1c(S[C@@H](C)C(=O)Nc2ccc(F)c(F)c2)nnc1C1CCCCC1. The molecule has 0 unspecified atom stereocenters. The maximum Gasteiger partial charge on any atom is 0.237 e. The predicted octanol–water partition coefficient (Wildman–Crippen LogP) is 4.91. The molecule has 1 atom stereocenters. The van der Waals surface area contributed by atoms with Crippen LogP contribution >= 0.6 is 11.8 Å². The zero-order valence-corrected chi connectivity index (χ0v) is 16.6. The molecular weight excluding hydrogens is 382 g/mol. The molecule has 0 bridgehead atoms. The summed E-state index contributed by atoms with van der Waals surface area (Å²) < 4.78 is 28.4. The van der Waals surface area contributed by atoms with Crippen molar-refractivity contribution in [2.45, 2.75) is 61.9 Å². The molecule has 1 fully saturated rings. The highest BCUT2D eigenvalue weighted by Crippen LogP contribution is 2.34. The van der Waals surface area contributed by atoms with Gasteiger partial charge < -0.3 is 9.88 Å². The van der Waals surface area contributed by atoms with Gasteiger partial charge in [-0.05, 0) is 31.9 Å². The maximum absolute atomic E-state index is 13.3. The molecule has 0 spiro atoms. The number of thioether (sulfide) groups is 1. The van der Waals surface area contributed by atoms with Gasteiger partial charge in [0.25, 0.3) is 0 Å². The van der Waals surface area contributed by atoms with E-state index in [0.717, 1.165) is 30.8 Å². The molecule has 2 aromatic rings. The van der Waals surface area contributed by atoms with Crippen LogP contribution in [0.25, 0.3) is 0 Å². The molecule has 1 saturated carbocycles. The molecule has 0 aliphatic heterocycles. The number of nitrogens with one attached hydrogen (secondary N) is 1. The minimum absolute atomic E-state index is 0.215. The van der Waals surface area contributed by atoms with Crippen LogP contribution in [0.1, 0.15) is 50.8 Å². The molecule has 5 nitrogen and oxygen atoms in total. The summed E-state index contributed by atoms with van der Waals surface area (Å²) >= 11 is 1.29. The number of hydrogen-bond donors (Lipinski definition) is 1. The van der Waals surface area contributed by atoms with Crippen LogP contribution in [0.2, 0.25) is 0 Å². The summed E-state index contributed by atoms with van der Waals surface area (Å²) in [6, 6.07) is 3.28. The molecule has 1 aromatic heterocycles. The third kappa shape index (κ3) is 4.79. The van der Waals surface area contributed by atoms with E-state index in [9.17, 15) is 13.6 Å². The van der Waals surface area contributed by atoms with Crippen LogP contribution < -0.4 is 5.32 Å². The van der Waals surface area contributed by atoms with Crippen LogP contribution in [0, 0.1) is 11.6 Å². The number of benzene rings is 1. The first-order valence-corrected chi connectivity index (χ1v) is 10.3. The monoisotopic (exact) mass is 406 g/mol. The number of aromatic nitrogens is 3. The fourth-order valence-corrected chi connectivity index (χ4v) is 4.25. The summed E-state index contributed by atoms with van der Waals surface area (Å²) in [5.41, 5.74) is 0.215. The number of allylic oxidation sites excluding steroid dienone is 1. The lowest BCUT2D eigenvalue weighted by Gasteiger charge is -2.21. The molecule has 28 heavy (non-hydrogen) atoms. The standard InChI is InChI=1S/C20H24F2N4OS/c1-3-11-26-18(14-7-5-4-6-8-14)24-25-20(26)28-13(2)19(27)23-15-9-10-16(21)17(22)12-15/h3,9-10,12-14H,1,4-8,11H2,2H3,(H,23,27)/t13-/m0/s1. The lowest BCUT2D eigenvalue weighted by molar-refractivity contribution is -0.115. The van der Waals surface area contributed by atoms with Crippen LogP contribution in [0.15, 0.2) is 36.0 Å². The predicted molar refractivity (Wildman–Crippen MR) is 106 cm³/mol. The molecule has 8 heteroatoms. The van der Waals surface area contributed by atoms with Crippen molar-refractivity contribution in [2.24, 2.45) is 0 Å². The Kier molecular flexibility index (Phi) is 6.83. The number of hydrogen-bond acceptors (Lipinski definition) is 4. The van der Waals surface area contributed by atoms with E-state index in [1.54, 1.807) is 13.0 Å². The lowest BCUT2D eigenvalue weighted by atomic mass is 9.89. The average Bonchev–Trinajstić information content (AvgIpc) is 3.08. The highest BCUT2D eigenvalue weighted by Gasteiger charge is 2.25. The molecule has 0 radical (unpaired) electrons. The number of amides is 1. The Morgan fingerprint density at radius 3 is 2.75 bits per heavy atom. The smallest absolute Gasteiger partial charge is 0.237 e. The average molecular weight is 407 g/mol. The van der Waals surface area contributed by atoms with Gasteiger partial charge >= 0.3 is 0 Å². The van der Waals surface area contributed by atoms with E-state index < -0.39 is 16.9 Å². The fourth-order valence-electron chi connectivity index (χ4n) is 3.38. The highest BCUT2D eigenvalue weighted by molar-refractivity contribution is 8.00. The molecule has 150 valence electrons. The Morgan fingerprint density at radius 1 is 1.32 bits per heavy atom. The van der Waals surface area contributed by atoms with Crippen LogP contribution in [0.5, 0.6) is 0 Å². The number of anilines is 1. The molecule has 1 aliphatic rings. The largest absolute Gasteiger partial charge is 0.325 e. The van der Waals surface area contributed by atoms with Gasteiger partial charge in [0.05, 0.1) is 5.25 Å². The Hall–Kier alpha value is -2.22. The second kappa shape index (κ2) is 9.32. The second-order valence-electron chi connectivity index (χ2n) is 6.95. The number of halogens is 2. The van der Waals surface area contributed by atoms with Crippen molar-refractivity contribution >= 4 is 23.4 Å². The van der Waals surface area contributed by atoms with Crippen LogP contribution in [0.4, 0.5) is 14.5 Å². The van der Waals surface area contributed by atoms with Crippen molar-refractivity contribution in [3.05, 3.63) is 48.3 Å².